The third kappa shape index (κ3) is 6.27. The van der Waals surface area contributed by atoms with Gasteiger partial charge in [-0.15, -0.1) is 0 Å². The average molecular weight is 537 g/mol. The zero-order valence-electron chi connectivity index (χ0n) is 25.4. The van der Waals surface area contributed by atoms with E-state index in [4.69, 9.17) is 9.47 Å². The zero-order valence-corrected chi connectivity index (χ0v) is 26.3. The topological polar surface area (TPSA) is 18.5 Å². The molecule has 2 fully saturated rings. The molecule has 0 spiro atoms. The molecular weight excluding hydrogens is 483 g/mol. The highest BCUT2D eigenvalue weighted by Gasteiger charge is 2.37. The Morgan fingerprint density at radius 1 is 0.737 bits per heavy atom. The van der Waals surface area contributed by atoms with Gasteiger partial charge in [-0.3, -0.25) is 0 Å². The Kier molecular flexibility index (Phi) is 10.6. The molecule has 0 aliphatic heterocycles. The van der Waals surface area contributed by atoms with Crippen LogP contribution in [-0.4, -0.2) is 25.5 Å². The van der Waals surface area contributed by atoms with Crippen molar-refractivity contribution in [2.45, 2.75) is 135 Å². The summed E-state index contributed by atoms with van der Waals surface area (Å²) in [6.45, 7) is 11.7. The fraction of sp³-hybridized carbons (Fsp3) is 0.657. The van der Waals surface area contributed by atoms with Gasteiger partial charge < -0.3 is 9.47 Å². The van der Waals surface area contributed by atoms with Gasteiger partial charge in [0.1, 0.15) is 11.5 Å². The van der Waals surface area contributed by atoms with Crippen molar-refractivity contribution in [3.63, 3.8) is 0 Å². The van der Waals surface area contributed by atoms with Gasteiger partial charge in [-0.1, -0.05) is 99.6 Å². The van der Waals surface area contributed by atoms with E-state index in [0.29, 0.717) is 11.8 Å². The summed E-state index contributed by atoms with van der Waals surface area (Å²) in [5.74, 6) is 3.11. The molecule has 210 valence electrons. The van der Waals surface area contributed by atoms with E-state index in [9.17, 15) is 0 Å². The molecule has 2 aliphatic rings. The maximum atomic E-state index is 6.29. The highest BCUT2D eigenvalue weighted by molar-refractivity contribution is 7.67. The van der Waals surface area contributed by atoms with Crippen LogP contribution < -0.4 is 14.8 Å². The van der Waals surface area contributed by atoms with Crippen molar-refractivity contribution in [3.8, 4) is 22.6 Å². The van der Waals surface area contributed by atoms with Gasteiger partial charge in [-0.05, 0) is 89.6 Å². The van der Waals surface area contributed by atoms with E-state index in [1.165, 1.54) is 97.3 Å². The summed E-state index contributed by atoms with van der Waals surface area (Å²) >= 11 is 0. The highest BCUT2D eigenvalue weighted by Crippen LogP contribution is 2.59. The minimum absolute atomic E-state index is 0.363. The van der Waals surface area contributed by atoms with Crippen LogP contribution in [0.3, 0.4) is 0 Å². The minimum atomic E-state index is -0.363. The maximum absolute atomic E-state index is 6.29. The summed E-state index contributed by atoms with van der Waals surface area (Å²) in [5.41, 5.74) is 8.87. The lowest BCUT2D eigenvalue weighted by Gasteiger charge is -2.40. The fourth-order valence-electron chi connectivity index (χ4n) is 7.08. The molecule has 2 aliphatic carbocycles. The van der Waals surface area contributed by atoms with E-state index in [1.54, 1.807) is 0 Å². The molecule has 2 aromatic rings. The van der Waals surface area contributed by atoms with Crippen LogP contribution in [0.2, 0.25) is 0 Å². The van der Waals surface area contributed by atoms with E-state index in [1.807, 2.05) is 14.2 Å². The summed E-state index contributed by atoms with van der Waals surface area (Å²) in [5, 5.41) is 1.53. The minimum Gasteiger partial charge on any atom is -0.496 e. The lowest BCUT2D eigenvalue weighted by Crippen LogP contribution is -2.28. The molecule has 0 radical (unpaired) electrons. The van der Waals surface area contributed by atoms with Crippen LogP contribution >= 0.6 is 7.92 Å². The van der Waals surface area contributed by atoms with Gasteiger partial charge in [-0.2, -0.15) is 0 Å². The Bertz CT molecular complexity index is 1030. The molecule has 2 saturated carbocycles. The molecule has 2 nitrogen and oxygen atoms in total. The lowest BCUT2D eigenvalue weighted by molar-refractivity contribution is 0.406. The van der Waals surface area contributed by atoms with Crippen LogP contribution in [0.4, 0.5) is 0 Å². The van der Waals surface area contributed by atoms with Gasteiger partial charge in [-0.25, -0.2) is 0 Å². The van der Waals surface area contributed by atoms with Gasteiger partial charge in [0, 0.05) is 10.9 Å². The summed E-state index contributed by atoms with van der Waals surface area (Å²) in [4.78, 5) is 0. The molecule has 4 rings (SSSR count). The Hall–Kier alpha value is -1.53. The van der Waals surface area contributed by atoms with Crippen LogP contribution in [0, 0.1) is 0 Å². The number of aryl methyl sites for hydroxylation is 1. The first-order chi connectivity index (χ1) is 18.4. The van der Waals surface area contributed by atoms with Crippen LogP contribution in [-0.2, 0) is 6.42 Å². The average Bonchev–Trinajstić information content (AvgIpc) is 2.94. The standard InChI is InChI=1S/C35H53O2P/c1-8-15-26-22-27(24(2)3)23-30(25(4)5)33(26)34-31(36-6)20-21-32(37-7)35(34)38(28-16-11-9-12-17-28)29-18-13-10-14-19-29/h20-25,28-29H,8-19H2,1-7H3. The van der Waals surface area contributed by atoms with E-state index in [-0.39, 0.29) is 7.92 Å². The van der Waals surface area contributed by atoms with Crippen molar-refractivity contribution in [1.82, 2.24) is 0 Å². The molecule has 2 aromatic carbocycles. The van der Waals surface area contributed by atoms with Gasteiger partial charge in [0.05, 0.1) is 14.2 Å². The second kappa shape index (κ2) is 13.7. The predicted molar refractivity (Wildman–Crippen MR) is 167 cm³/mol. The number of hydrogen-bond donors (Lipinski definition) is 0. The summed E-state index contributed by atoms with van der Waals surface area (Å²) in [6, 6.07) is 9.43. The van der Waals surface area contributed by atoms with Crippen molar-refractivity contribution in [3.05, 3.63) is 41.0 Å². The van der Waals surface area contributed by atoms with Crippen molar-refractivity contribution >= 4 is 13.2 Å². The first-order valence-electron chi connectivity index (χ1n) is 15.6. The number of hydrogen-bond acceptors (Lipinski definition) is 2. The number of methoxy groups -OCH3 is 2. The van der Waals surface area contributed by atoms with E-state index in [2.05, 4.69) is 58.9 Å². The van der Waals surface area contributed by atoms with Crippen molar-refractivity contribution in [1.29, 1.82) is 0 Å². The molecule has 0 amide bonds. The third-order valence-electron chi connectivity index (χ3n) is 9.07. The second-order valence-electron chi connectivity index (χ2n) is 12.4. The molecule has 0 bridgehead atoms. The maximum Gasteiger partial charge on any atom is 0.127 e. The predicted octanol–water partition coefficient (Wildman–Crippen LogP) is 10.3. The fourth-order valence-corrected chi connectivity index (χ4v) is 11.2. The smallest absolute Gasteiger partial charge is 0.127 e. The van der Waals surface area contributed by atoms with Gasteiger partial charge in [0.25, 0.3) is 0 Å². The molecule has 38 heavy (non-hydrogen) atoms. The van der Waals surface area contributed by atoms with E-state index in [0.717, 1.165) is 35.7 Å². The number of rotatable bonds is 10. The van der Waals surface area contributed by atoms with Gasteiger partial charge in [0.15, 0.2) is 0 Å². The molecule has 0 aromatic heterocycles. The Balaban J connectivity index is 2.06. The molecular formula is C35H53O2P. The highest BCUT2D eigenvalue weighted by atomic mass is 31.1. The van der Waals surface area contributed by atoms with Gasteiger partial charge in [0.2, 0.25) is 0 Å². The molecule has 0 unspecified atom stereocenters. The molecule has 0 N–H and O–H groups in total. The quantitative estimate of drug-likeness (QED) is 0.281. The van der Waals surface area contributed by atoms with Gasteiger partial charge >= 0.3 is 0 Å². The molecule has 0 heterocycles. The largest absolute Gasteiger partial charge is 0.496 e. The Labute approximate surface area is 235 Å². The molecule has 0 saturated heterocycles. The third-order valence-corrected chi connectivity index (χ3v) is 12.6. The van der Waals surface area contributed by atoms with E-state index < -0.39 is 0 Å². The van der Waals surface area contributed by atoms with E-state index >= 15 is 0 Å². The van der Waals surface area contributed by atoms with Crippen molar-refractivity contribution in [2.24, 2.45) is 0 Å². The van der Waals surface area contributed by atoms with Crippen molar-refractivity contribution < 1.29 is 9.47 Å². The normalized spacial score (nSPS) is 17.5. The zero-order chi connectivity index (χ0) is 27.2. The number of benzene rings is 2. The first kappa shape index (κ1) is 29.5. The molecule has 3 heteroatoms. The Morgan fingerprint density at radius 2 is 1.29 bits per heavy atom. The molecule has 0 atom stereocenters. The van der Waals surface area contributed by atoms with Crippen LogP contribution in [0.15, 0.2) is 24.3 Å². The summed E-state index contributed by atoms with van der Waals surface area (Å²) < 4.78 is 12.6. The lowest BCUT2D eigenvalue weighted by atomic mass is 9.83. The summed E-state index contributed by atoms with van der Waals surface area (Å²) in [6.07, 6.45) is 16.1. The van der Waals surface area contributed by atoms with Crippen LogP contribution in [0.5, 0.6) is 11.5 Å². The Morgan fingerprint density at radius 3 is 1.76 bits per heavy atom. The monoisotopic (exact) mass is 536 g/mol. The SMILES string of the molecule is CCCc1cc(C(C)C)cc(C(C)C)c1-c1c(OC)ccc(OC)c1P(C1CCCCC1)C1CCCCC1. The first-order valence-corrected chi connectivity index (χ1v) is 17.1. The van der Waals surface area contributed by atoms with Crippen molar-refractivity contribution in [2.75, 3.05) is 14.2 Å². The summed E-state index contributed by atoms with van der Waals surface area (Å²) in [7, 11) is 3.40. The number of ether oxygens (including phenoxy) is 2. The van der Waals surface area contributed by atoms with Crippen LogP contribution in [0.25, 0.3) is 11.1 Å². The van der Waals surface area contributed by atoms with Crippen LogP contribution in [0.1, 0.15) is 134 Å². The second-order valence-corrected chi connectivity index (χ2v) is 15.1.